The molecule has 1 aliphatic heterocycles. The molecule has 0 bridgehead atoms. The predicted molar refractivity (Wildman–Crippen MR) is 87.6 cm³/mol. The van der Waals surface area contributed by atoms with E-state index in [1.54, 1.807) is 0 Å². The topological polar surface area (TPSA) is 58.4 Å². The van der Waals surface area contributed by atoms with Gasteiger partial charge in [0, 0.05) is 36.8 Å². The van der Waals surface area contributed by atoms with E-state index in [1.807, 2.05) is 12.1 Å². The number of anilines is 1. The zero-order valence-corrected chi connectivity index (χ0v) is 13.3. The number of benzene rings is 1. The van der Waals surface area contributed by atoms with Crippen molar-refractivity contribution in [2.45, 2.75) is 32.7 Å². The lowest BCUT2D eigenvalue weighted by Gasteiger charge is -2.34. The molecule has 0 atom stereocenters. The van der Waals surface area contributed by atoms with Crippen molar-refractivity contribution in [2.24, 2.45) is 11.7 Å². The third-order valence-corrected chi connectivity index (χ3v) is 4.29. The van der Waals surface area contributed by atoms with E-state index in [9.17, 15) is 4.79 Å². The molecule has 3 N–H and O–H groups in total. The molecule has 0 saturated carbocycles. The third-order valence-electron chi connectivity index (χ3n) is 4.06. The average molecular weight is 310 g/mol. The monoisotopic (exact) mass is 309 g/mol. The molecule has 1 aromatic rings. The molecule has 2 rings (SSSR count). The molecule has 1 aromatic carbocycles. The van der Waals surface area contributed by atoms with Gasteiger partial charge in [-0.15, -0.1) is 0 Å². The molecule has 1 saturated heterocycles. The van der Waals surface area contributed by atoms with Crippen molar-refractivity contribution >= 4 is 23.2 Å². The first-order chi connectivity index (χ1) is 10.1. The molecular weight excluding hydrogens is 286 g/mol. The van der Waals surface area contributed by atoms with Crippen LogP contribution in [-0.4, -0.2) is 25.5 Å². The number of hydrogen-bond acceptors (Lipinski definition) is 3. The van der Waals surface area contributed by atoms with Gasteiger partial charge in [-0.25, -0.2) is 0 Å². The van der Waals surface area contributed by atoms with Crippen LogP contribution >= 0.6 is 11.6 Å². The second kappa shape index (κ2) is 7.66. The van der Waals surface area contributed by atoms with Crippen LogP contribution in [0.15, 0.2) is 18.2 Å². The van der Waals surface area contributed by atoms with Crippen molar-refractivity contribution in [3.8, 4) is 0 Å². The van der Waals surface area contributed by atoms with Crippen LogP contribution in [0.2, 0.25) is 5.02 Å². The fourth-order valence-electron chi connectivity index (χ4n) is 2.90. The van der Waals surface area contributed by atoms with Gasteiger partial charge in [0.25, 0.3) is 0 Å². The van der Waals surface area contributed by atoms with Crippen molar-refractivity contribution in [3.63, 3.8) is 0 Å². The zero-order chi connectivity index (χ0) is 15.2. The van der Waals surface area contributed by atoms with Crippen molar-refractivity contribution in [1.82, 2.24) is 5.32 Å². The number of carbonyl (C=O) groups excluding carboxylic acids is 1. The molecule has 0 aromatic heterocycles. The van der Waals surface area contributed by atoms with Gasteiger partial charge < -0.3 is 16.0 Å². The van der Waals surface area contributed by atoms with Crippen LogP contribution in [0.1, 0.15) is 31.7 Å². The highest BCUT2D eigenvalue weighted by atomic mass is 35.5. The Morgan fingerprint density at radius 1 is 1.43 bits per heavy atom. The molecule has 1 heterocycles. The summed E-state index contributed by atoms with van der Waals surface area (Å²) in [5.74, 6) is 0.235. The molecule has 1 amide bonds. The van der Waals surface area contributed by atoms with Crippen molar-refractivity contribution in [3.05, 3.63) is 28.8 Å². The Morgan fingerprint density at radius 2 is 2.14 bits per heavy atom. The summed E-state index contributed by atoms with van der Waals surface area (Å²) in [5.41, 5.74) is 7.77. The maximum Gasteiger partial charge on any atom is 0.217 e. The number of rotatable bonds is 6. The van der Waals surface area contributed by atoms with Gasteiger partial charge in [0.2, 0.25) is 5.91 Å². The van der Waals surface area contributed by atoms with Crippen LogP contribution < -0.4 is 16.0 Å². The number of primary amides is 1. The quantitative estimate of drug-likeness (QED) is 0.849. The van der Waals surface area contributed by atoms with E-state index in [0.29, 0.717) is 12.3 Å². The van der Waals surface area contributed by atoms with Crippen LogP contribution in [0.5, 0.6) is 0 Å². The first kappa shape index (κ1) is 16.1. The Balaban J connectivity index is 2.04. The standard InChI is InChI=1S/C16H24ClN3O/c1-2-19-11-13-3-4-14(17)10-15(13)20-7-5-12(6-8-20)9-16(18)21/h3-4,10,12,19H,2,5-9,11H2,1H3,(H2,18,21). The molecule has 1 aliphatic rings. The summed E-state index contributed by atoms with van der Waals surface area (Å²) in [5, 5.41) is 4.14. The molecule has 116 valence electrons. The van der Waals surface area contributed by atoms with E-state index in [1.165, 1.54) is 11.3 Å². The minimum Gasteiger partial charge on any atom is -0.371 e. The Bertz CT molecular complexity index is 484. The van der Waals surface area contributed by atoms with E-state index >= 15 is 0 Å². The van der Waals surface area contributed by atoms with Crippen LogP contribution in [-0.2, 0) is 11.3 Å². The van der Waals surface area contributed by atoms with E-state index < -0.39 is 0 Å². The Kier molecular flexibility index (Phi) is 5.88. The zero-order valence-electron chi connectivity index (χ0n) is 12.6. The van der Waals surface area contributed by atoms with Crippen LogP contribution in [0.25, 0.3) is 0 Å². The minimum absolute atomic E-state index is 0.191. The first-order valence-corrected chi connectivity index (χ1v) is 8.00. The summed E-state index contributed by atoms with van der Waals surface area (Å²) in [6, 6.07) is 6.08. The summed E-state index contributed by atoms with van der Waals surface area (Å²) in [6.45, 7) is 5.81. The number of halogens is 1. The molecule has 1 fully saturated rings. The Labute approximate surface area is 131 Å². The van der Waals surface area contributed by atoms with Gasteiger partial charge in [-0.3, -0.25) is 4.79 Å². The SMILES string of the molecule is CCNCc1ccc(Cl)cc1N1CCC(CC(N)=O)CC1. The van der Waals surface area contributed by atoms with E-state index in [-0.39, 0.29) is 5.91 Å². The minimum atomic E-state index is -0.191. The Morgan fingerprint density at radius 3 is 2.76 bits per heavy atom. The summed E-state index contributed by atoms with van der Waals surface area (Å²) in [6.07, 6.45) is 2.53. The highest BCUT2D eigenvalue weighted by Crippen LogP contribution is 2.30. The summed E-state index contributed by atoms with van der Waals surface area (Å²) < 4.78 is 0. The maximum absolute atomic E-state index is 11.0. The van der Waals surface area contributed by atoms with Crippen LogP contribution in [0.3, 0.4) is 0 Å². The van der Waals surface area contributed by atoms with E-state index in [0.717, 1.165) is 44.0 Å². The average Bonchev–Trinajstić information content (AvgIpc) is 2.46. The first-order valence-electron chi connectivity index (χ1n) is 7.62. The largest absolute Gasteiger partial charge is 0.371 e. The normalized spacial score (nSPS) is 16.2. The van der Waals surface area contributed by atoms with E-state index in [4.69, 9.17) is 17.3 Å². The molecule has 21 heavy (non-hydrogen) atoms. The van der Waals surface area contributed by atoms with Crippen LogP contribution in [0.4, 0.5) is 5.69 Å². The summed E-state index contributed by atoms with van der Waals surface area (Å²) in [7, 11) is 0. The molecule has 0 unspecified atom stereocenters. The maximum atomic E-state index is 11.0. The molecular formula is C16H24ClN3O. The number of nitrogens with two attached hydrogens (primary N) is 1. The predicted octanol–water partition coefficient (Wildman–Crippen LogP) is 2.54. The molecule has 4 nitrogen and oxygen atoms in total. The second-order valence-corrected chi connectivity index (χ2v) is 6.09. The van der Waals surface area contributed by atoms with Gasteiger partial charge in [-0.2, -0.15) is 0 Å². The lowest BCUT2D eigenvalue weighted by Crippen LogP contribution is -2.35. The molecule has 0 radical (unpaired) electrons. The van der Waals surface area contributed by atoms with Crippen molar-refractivity contribution in [1.29, 1.82) is 0 Å². The van der Waals surface area contributed by atoms with Crippen molar-refractivity contribution < 1.29 is 4.79 Å². The highest BCUT2D eigenvalue weighted by molar-refractivity contribution is 6.30. The number of carbonyl (C=O) groups is 1. The smallest absolute Gasteiger partial charge is 0.217 e. The highest BCUT2D eigenvalue weighted by Gasteiger charge is 2.22. The van der Waals surface area contributed by atoms with Crippen LogP contribution in [0, 0.1) is 5.92 Å². The van der Waals surface area contributed by atoms with Gasteiger partial charge in [0.1, 0.15) is 0 Å². The van der Waals surface area contributed by atoms with Gasteiger partial charge in [-0.05, 0) is 43.0 Å². The van der Waals surface area contributed by atoms with Gasteiger partial charge in [0.15, 0.2) is 0 Å². The number of hydrogen-bond donors (Lipinski definition) is 2. The molecule has 0 spiro atoms. The second-order valence-electron chi connectivity index (χ2n) is 5.65. The fourth-order valence-corrected chi connectivity index (χ4v) is 3.07. The number of amides is 1. The lowest BCUT2D eigenvalue weighted by atomic mass is 9.92. The van der Waals surface area contributed by atoms with E-state index in [2.05, 4.69) is 23.2 Å². The summed E-state index contributed by atoms with van der Waals surface area (Å²) in [4.78, 5) is 13.4. The summed E-state index contributed by atoms with van der Waals surface area (Å²) >= 11 is 6.16. The lowest BCUT2D eigenvalue weighted by molar-refractivity contribution is -0.119. The number of nitrogens with one attached hydrogen (secondary N) is 1. The fraction of sp³-hybridized carbons (Fsp3) is 0.562. The third kappa shape index (κ3) is 4.61. The van der Waals surface area contributed by atoms with Gasteiger partial charge in [0.05, 0.1) is 0 Å². The number of piperidine rings is 1. The Hall–Kier alpha value is -1.26. The van der Waals surface area contributed by atoms with Crippen molar-refractivity contribution in [2.75, 3.05) is 24.5 Å². The van der Waals surface area contributed by atoms with Gasteiger partial charge in [-0.1, -0.05) is 24.6 Å². The number of nitrogens with zero attached hydrogens (tertiary/aromatic N) is 1. The van der Waals surface area contributed by atoms with Gasteiger partial charge >= 0.3 is 0 Å². The molecule has 5 heteroatoms. The molecule has 0 aliphatic carbocycles.